The second-order valence-electron chi connectivity index (χ2n) is 6.31. The Morgan fingerprint density at radius 2 is 1.78 bits per heavy atom. The predicted octanol–water partition coefficient (Wildman–Crippen LogP) is 2.89. The number of allylic oxidation sites excluding steroid dienone is 2. The molecule has 3 N–H and O–H groups in total. The topological polar surface area (TPSA) is 95.5 Å². The van der Waals surface area contributed by atoms with Crippen LogP contribution in [-0.4, -0.2) is 35.6 Å². The Labute approximate surface area is 153 Å². The first kappa shape index (κ1) is 20.5. The molecule has 0 fully saturated rings. The smallest absolute Gasteiger partial charge is 0.405 e. The molecular formula is C18H19F3N2O4. The van der Waals surface area contributed by atoms with Gasteiger partial charge < -0.3 is 15.7 Å². The van der Waals surface area contributed by atoms with E-state index in [9.17, 15) is 32.7 Å². The van der Waals surface area contributed by atoms with Crippen LogP contribution in [0.1, 0.15) is 28.8 Å². The van der Waals surface area contributed by atoms with Crippen LogP contribution >= 0.6 is 0 Å². The van der Waals surface area contributed by atoms with E-state index < -0.39 is 42.3 Å². The Morgan fingerprint density at radius 3 is 2.37 bits per heavy atom. The molecule has 0 aliphatic heterocycles. The summed E-state index contributed by atoms with van der Waals surface area (Å²) in [6, 6.07) is 4.11. The fourth-order valence-electron chi connectivity index (χ4n) is 2.78. The number of hydrogen-bond donors (Lipinski definition) is 3. The van der Waals surface area contributed by atoms with Gasteiger partial charge in [-0.2, -0.15) is 13.2 Å². The van der Waals surface area contributed by atoms with Crippen molar-refractivity contribution in [3.8, 4) is 0 Å². The molecule has 0 heterocycles. The van der Waals surface area contributed by atoms with Crippen LogP contribution in [0, 0.1) is 18.8 Å². The van der Waals surface area contributed by atoms with Gasteiger partial charge in [-0.3, -0.25) is 14.4 Å². The number of anilines is 1. The maximum Gasteiger partial charge on any atom is 0.405 e. The summed E-state index contributed by atoms with van der Waals surface area (Å²) in [5.74, 6) is -4.13. The van der Waals surface area contributed by atoms with E-state index in [1.165, 1.54) is 18.2 Å². The molecule has 1 aromatic rings. The maximum absolute atomic E-state index is 12.5. The summed E-state index contributed by atoms with van der Waals surface area (Å²) in [5, 5.41) is 13.6. The van der Waals surface area contributed by atoms with Crippen LogP contribution in [0.2, 0.25) is 0 Å². The Morgan fingerprint density at radius 1 is 1.15 bits per heavy atom. The van der Waals surface area contributed by atoms with E-state index in [4.69, 9.17) is 0 Å². The number of carboxylic acid groups (broad SMARTS) is 1. The van der Waals surface area contributed by atoms with Crippen LogP contribution in [-0.2, 0) is 9.59 Å². The summed E-state index contributed by atoms with van der Waals surface area (Å²) in [6.07, 6.45) is -0.575. The van der Waals surface area contributed by atoms with Gasteiger partial charge in [0.2, 0.25) is 5.91 Å². The van der Waals surface area contributed by atoms with Gasteiger partial charge >= 0.3 is 12.1 Å². The quantitative estimate of drug-likeness (QED) is 0.681. The number of halogens is 3. The Hall–Kier alpha value is -2.84. The number of alkyl halides is 3. The number of rotatable bonds is 5. The highest BCUT2D eigenvalue weighted by molar-refractivity contribution is 5.99. The maximum atomic E-state index is 12.5. The highest BCUT2D eigenvalue weighted by Gasteiger charge is 2.34. The van der Waals surface area contributed by atoms with Crippen molar-refractivity contribution in [2.45, 2.75) is 25.9 Å². The van der Waals surface area contributed by atoms with Crippen molar-refractivity contribution in [2.75, 3.05) is 11.9 Å². The van der Waals surface area contributed by atoms with Crippen molar-refractivity contribution in [3.05, 3.63) is 41.5 Å². The number of carboxylic acids is 1. The van der Waals surface area contributed by atoms with Crippen LogP contribution in [0.5, 0.6) is 0 Å². The van der Waals surface area contributed by atoms with E-state index in [1.807, 2.05) is 0 Å². The number of aliphatic carboxylic acids is 1. The van der Waals surface area contributed by atoms with E-state index in [0.29, 0.717) is 5.56 Å². The van der Waals surface area contributed by atoms with Gasteiger partial charge in [-0.25, -0.2) is 0 Å². The van der Waals surface area contributed by atoms with E-state index in [0.717, 1.165) is 0 Å². The average molecular weight is 384 g/mol. The molecule has 6 nitrogen and oxygen atoms in total. The van der Waals surface area contributed by atoms with Crippen LogP contribution in [0.4, 0.5) is 18.9 Å². The van der Waals surface area contributed by atoms with E-state index in [-0.39, 0.29) is 24.1 Å². The second kappa shape index (κ2) is 8.24. The summed E-state index contributed by atoms with van der Waals surface area (Å²) in [6.45, 7) is 0.193. The summed E-state index contributed by atoms with van der Waals surface area (Å²) in [4.78, 5) is 35.7. The lowest BCUT2D eigenvalue weighted by atomic mass is 9.82. The Bertz CT molecular complexity index is 774. The molecule has 0 saturated heterocycles. The molecule has 0 aromatic heterocycles. The van der Waals surface area contributed by atoms with Crippen molar-refractivity contribution in [3.63, 3.8) is 0 Å². The first-order chi connectivity index (χ1) is 12.6. The number of hydrogen-bond acceptors (Lipinski definition) is 3. The van der Waals surface area contributed by atoms with E-state index in [2.05, 4.69) is 5.32 Å². The normalized spacial score (nSPS) is 19.4. The van der Waals surface area contributed by atoms with Gasteiger partial charge in [0.05, 0.1) is 11.8 Å². The van der Waals surface area contributed by atoms with E-state index >= 15 is 0 Å². The molecule has 0 bridgehead atoms. The molecule has 9 heteroatoms. The van der Waals surface area contributed by atoms with Crippen molar-refractivity contribution < 1.29 is 32.7 Å². The van der Waals surface area contributed by atoms with Gasteiger partial charge in [-0.15, -0.1) is 0 Å². The molecule has 146 valence electrons. The lowest BCUT2D eigenvalue weighted by Crippen LogP contribution is -2.35. The molecule has 2 rings (SSSR count). The Balaban J connectivity index is 2.14. The third-order valence-corrected chi connectivity index (χ3v) is 4.29. The van der Waals surface area contributed by atoms with Crippen molar-refractivity contribution in [1.82, 2.24) is 5.32 Å². The number of benzene rings is 1. The minimum Gasteiger partial charge on any atom is -0.481 e. The zero-order valence-corrected chi connectivity index (χ0v) is 14.5. The highest BCUT2D eigenvalue weighted by Crippen LogP contribution is 2.28. The van der Waals surface area contributed by atoms with Crippen molar-refractivity contribution in [2.24, 2.45) is 11.8 Å². The minimum absolute atomic E-state index is 0.0431. The van der Waals surface area contributed by atoms with E-state index in [1.54, 1.807) is 24.4 Å². The lowest BCUT2D eigenvalue weighted by Gasteiger charge is -2.24. The third kappa shape index (κ3) is 5.57. The monoisotopic (exact) mass is 384 g/mol. The highest BCUT2D eigenvalue weighted by atomic mass is 19.4. The molecule has 2 atom stereocenters. The molecule has 0 spiro atoms. The molecule has 2 amide bonds. The molecule has 1 aliphatic carbocycles. The van der Waals surface area contributed by atoms with Gasteiger partial charge in [0, 0.05) is 11.3 Å². The molecule has 0 unspecified atom stereocenters. The van der Waals surface area contributed by atoms with Crippen LogP contribution < -0.4 is 10.6 Å². The zero-order valence-electron chi connectivity index (χ0n) is 14.5. The van der Waals surface area contributed by atoms with Crippen molar-refractivity contribution in [1.29, 1.82) is 0 Å². The molecule has 1 aromatic carbocycles. The summed E-state index contributed by atoms with van der Waals surface area (Å²) >= 11 is 0. The third-order valence-electron chi connectivity index (χ3n) is 4.29. The second-order valence-corrected chi connectivity index (χ2v) is 6.31. The molecular weight excluding hydrogens is 365 g/mol. The summed E-state index contributed by atoms with van der Waals surface area (Å²) in [7, 11) is 0. The number of nitrogens with one attached hydrogen (secondary N) is 2. The number of amides is 2. The van der Waals surface area contributed by atoms with Crippen molar-refractivity contribution >= 4 is 23.5 Å². The molecule has 1 aliphatic rings. The number of carbonyl (C=O) groups is 3. The minimum atomic E-state index is -4.53. The largest absolute Gasteiger partial charge is 0.481 e. The van der Waals surface area contributed by atoms with Gasteiger partial charge in [-0.1, -0.05) is 18.2 Å². The average Bonchev–Trinajstić information content (AvgIpc) is 2.60. The summed E-state index contributed by atoms with van der Waals surface area (Å²) < 4.78 is 36.7. The molecule has 0 radical (unpaired) electrons. The lowest BCUT2D eigenvalue weighted by molar-refractivity contribution is -0.146. The van der Waals surface area contributed by atoms with Gasteiger partial charge in [-0.05, 0) is 37.5 Å². The number of carbonyl (C=O) groups excluding carboxylic acids is 2. The SMILES string of the molecule is Cc1ccc(C(=O)NCC(F)(F)F)cc1NC(=O)[C@H]1CC=CC[C@@H]1C(=O)O. The van der Waals surface area contributed by atoms with Crippen LogP contribution in [0.15, 0.2) is 30.4 Å². The van der Waals surface area contributed by atoms with Gasteiger partial charge in [0.15, 0.2) is 0 Å². The molecule has 27 heavy (non-hydrogen) atoms. The molecule has 0 saturated carbocycles. The fourth-order valence-corrected chi connectivity index (χ4v) is 2.78. The standard InChI is InChI=1S/C18H19F3N2O4/c1-10-6-7-11(15(24)22-9-18(19,20)21)8-14(10)23-16(25)12-4-2-3-5-13(12)17(26)27/h2-3,6-8,12-13H,4-5,9H2,1H3,(H,22,24)(H,23,25)(H,26,27)/t12-,13-/m0/s1. The van der Waals surface area contributed by atoms with Gasteiger partial charge in [0.1, 0.15) is 6.54 Å². The number of aryl methyl sites for hydroxylation is 1. The van der Waals surface area contributed by atoms with Crippen LogP contribution in [0.3, 0.4) is 0 Å². The summed E-state index contributed by atoms with van der Waals surface area (Å²) in [5.41, 5.74) is 0.797. The Kier molecular flexibility index (Phi) is 6.24. The van der Waals surface area contributed by atoms with Crippen LogP contribution in [0.25, 0.3) is 0 Å². The van der Waals surface area contributed by atoms with Gasteiger partial charge in [0.25, 0.3) is 5.91 Å². The first-order valence-electron chi connectivity index (χ1n) is 8.23. The predicted molar refractivity (Wildman–Crippen MR) is 91.2 cm³/mol. The zero-order chi connectivity index (χ0) is 20.2. The fraction of sp³-hybridized carbons (Fsp3) is 0.389. The first-order valence-corrected chi connectivity index (χ1v) is 8.23.